The lowest BCUT2D eigenvalue weighted by Crippen LogP contribution is -2.26. The predicted molar refractivity (Wildman–Crippen MR) is 136 cm³/mol. The Hall–Kier alpha value is -3.04. The molecule has 9 nitrogen and oxygen atoms in total. The highest BCUT2D eigenvalue weighted by atomic mass is 35.5. The molecule has 1 unspecified atom stereocenters. The van der Waals surface area contributed by atoms with Gasteiger partial charge in [-0.25, -0.2) is 4.79 Å². The second kappa shape index (κ2) is 14.0. The van der Waals surface area contributed by atoms with E-state index in [-0.39, 0.29) is 30.8 Å². The Labute approximate surface area is 225 Å². The van der Waals surface area contributed by atoms with Gasteiger partial charge < -0.3 is 14.2 Å². The molecule has 0 amide bonds. The molecular weight excluding hydrogens is 525 g/mol. The van der Waals surface area contributed by atoms with Gasteiger partial charge in [0, 0.05) is 16.5 Å². The average Bonchev–Trinajstić information content (AvgIpc) is 2.85. The number of esters is 1. The number of rotatable bonds is 11. The van der Waals surface area contributed by atoms with Crippen molar-refractivity contribution in [3.8, 4) is 0 Å². The number of nitrogens with zero attached hydrogens (tertiary/aromatic N) is 1. The summed E-state index contributed by atoms with van der Waals surface area (Å²) in [4.78, 5) is 38.5. The van der Waals surface area contributed by atoms with Crippen LogP contribution in [0.4, 0.5) is 4.79 Å². The number of carbonyl (C=O) groups excluding carboxylic acids is 2. The molecule has 200 valence electrons. The van der Waals surface area contributed by atoms with E-state index in [1.165, 1.54) is 6.92 Å². The van der Waals surface area contributed by atoms with Crippen LogP contribution in [0.3, 0.4) is 0 Å². The van der Waals surface area contributed by atoms with Gasteiger partial charge in [-0.2, -0.15) is 0 Å². The van der Waals surface area contributed by atoms with Crippen LogP contribution in [0.1, 0.15) is 49.3 Å². The molecule has 0 bridgehead atoms. The van der Waals surface area contributed by atoms with Crippen LogP contribution in [0.5, 0.6) is 0 Å². The molecule has 0 heterocycles. The Balaban J connectivity index is 1.39. The number of hydrogen-bond donors (Lipinski definition) is 0. The Morgan fingerprint density at radius 2 is 1.51 bits per heavy atom. The van der Waals surface area contributed by atoms with E-state index in [2.05, 4.69) is 9.57 Å². The van der Waals surface area contributed by atoms with Gasteiger partial charge in [0.25, 0.3) is 5.09 Å². The Morgan fingerprint density at radius 3 is 2.11 bits per heavy atom. The van der Waals surface area contributed by atoms with Crippen molar-refractivity contribution >= 4 is 35.3 Å². The maximum Gasteiger partial charge on any atom is 0.510 e. The van der Waals surface area contributed by atoms with E-state index in [4.69, 9.17) is 32.7 Å². The van der Waals surface area contributed by atoms with Gasteiger partial charge >= 0.3 is 12.1 Å². The number of halogens is 2. The first-order chi connectivity index (χ1) is 17.7. The number of benzene rings is 2. The van der Waals surface area contributed by atoms with Gasteiger partial charge in [0.15, 0.2) is 0 Å². The number of ether oxygens (including phenoxy) is 3. The van der Waals surface area contributed by atoms with Crippen LogP contribution in [0, 0.1) is 22.0 Å². The minimum absolute atomic E-state index is 0.148. The van der Waals surface area contributed by atoms with Crippen LogP contribution < -0.4 is 0 Å². The average molecular weight is 554 g/mol. The molecule has 0 saturated heterocycles. The lowest BCUT2D eigenvalue weighted by atomic mass is 9.83. The molecule has 0 spiro atoms. The fourth-order valence-electron chi connectivity index (χ4n) is 4.27. The van der Waals surface area contributed by atoms with E-state index in [0.29, 0.717) is 23.1 Å². The summed E-state index contributed by atoms with van der Waals surface area (Å²) in [5, 5.41) is 10.4. The summed E-state index contributed by atoms with van der Waals surface area (Å²) in [5.41, 5.74) is 2.65. The Morgan fingerprint density at radius 1 is 0.946 bits per heavy atom. The molecule has 2 aromatic carbocycles. The van der Waals surface area contributed by atoms with Gasteiger partial charge in [-0.3, -0.25) is 9.63 Å². The summed E-state index contributed by atoms with van der Waals surface area (Å²) in [7, 11) is 0. The van der Waals surface area contributed by atoms with E-state index in [1.807, 2.05) is 24.3 Å². The maximum atomic E-state index is 12.6. The molecule has 11 heteroatoms. The van der Waals surface area contributed by atoms with Crippen molar-refractivity contribution in [1.29, 1.82) is 0 Å². The van der Waals surface area contributed by atoms with Gasteiger partial charge in [0.05, 0.1) is 19.6 Å². The molecule has 1 aliphatic rings. The van der Waals surface area contributed by atoms with E-state index in [9.17, 15) is 19.7 Å². The van der Waals surface area contributed by atoms with Gasteiger partial charge in [-0.15, -0.1) is 10.1 Å². The standard InChI is InChI=1S/C26H29Cl2NO8/c1-17(37-29(32)33)36-26(31)35-16-19-11-9-18(10-12-19)15-34-25(30)14-21-6-3-2-5-20(21)13-22-23(27)7-4-8-24(22)28/h2-8,17-19H,9-16H2,1H3. The molecule has 0 radical (unpaired) electrons. The zero-order chi connectivity index (χ0) is 26.8. The molecule has 1 fully saturated rings. The van der Waals surface area contributed by atoms with Crippen molar-refractivity contribution < 1.29 is 33.7 Å². The molecule has 0 aromatic heterocycles. The van der Waals surface area contributed by atoms with Crippen molar-refractivity contribution in [1.82, 2.24) is 0 Å². The highest BCUT2D eigenvalue weighted by Gasteiger charge is 2.24. The zero-order valence-electron chi connectivity index (χ0n) is 20.4. The van der Waals surface area contributed by atoms with Crippen molar-refractivity contribution in [2.45, 2.75) is 51.7 Å². The van der Waals surface area contributed by atoms with E-state index in [1.54, 1.807) is 18.2 Å². The second-order valence-corrected chi connectivity index (χ2v) is 9.78. The summed E-state index contributed by atoms with van der Waals surface area (Å²) in [6, 6.07) is 13.0. The minimum Gasteiger partial charge on any atom is -0.465 e. The highest BCUT2D eigenvalue weighted by molar-refractivity contribution is 6.36. The van der Waals surface area contributed by atoms with E-state index in [0.717, 1.165) is 42.4 Å². The Kier molecular flexibility index (Phi) is 10.8. The van der Waals surface area contributed by atoms with Crippen LogP contribution in [-0.4, -0.2) is 36.7 Å². The molecular formula is C26H29Cl2NO8. The molecule has 2 aromatic rings. The van der Waals surface area contributed by atoms with E-state index >= 15 is 0 Å². The first-order valence-electron chi connectivity index (χ1n) is 12.0. The number of hydrogen-bond acceptors (Lipinski definition) is 8. The fourth-order valence-corrected chi connectivity index (χ4v) is 4.81. The number of carbonyl (C=O) groups is 2. The fraction of sp³-hybridized carbons (Fsp3) is 0.462. The topological polar surface area (TPSA) is 114 Å². The van der Waals surface area contributed by atoms with Crippen molar-refractivity contribution in [3.05, 3.63) is 79.3 Å². The summed E-state index contributed by atoms with van der Waals surface area (Å²) in [6.45, 7) is 1.72. The molecule has 0 aliphatic heterocycles. The zero-order valence-corrected chi connectivity index (χ0v) is 21.9. The third kappa shape index (κ3) is 9.40. The van der Waals surface area contributed by atoms with Crippen molar-refractivity contribution in [2.24, 2.45) is 11.8 Å². The van der Waals surface area contributed by atoms with Gasteiger partial charge in [0.1, 0.15) is 0 Å². The summed E-state index contributed by atoms with van der Waals surface area (Å²) in [5.74, 6) is 0.0876. The predicted octanol–water partition coefficient (Wildman–Crippen LogP) is 6.18. The lowest BCUT2D eigenvalue weighted by molar-refractivity contribution is -0.777. The lowest BCUT2D eigenvalue weighted by Gasteiger charge is -2.27. The Bertz CT molecular complexity index is 1070. The first kappa shape index (κ1) is 28.5. The van der Waals surface area contributed by atoms with Crippen molar-refractivity contribution in [2.75, 3.05) is 13.2 Å². The van der Waals surface area contributed by atoms with Crippen LogP contribution >= 0.6 is 23.2 Å². The molecule has 1 atom stereocenters. The van der Waals surface area contributed by atoms with Gasteiger partial charge in [0.2, 0.25) is 6.29 Å². The second-order valence-electron chi connectivity index (χ2n) is 8.97. The third-order valence-corrected chi connectivity index (χ3v) is 6.97. The minimum atomic E-state index is -1.34. The summed E-state index contributed by atoms with van der Waals surface area (Å²) >= 11 is 12.6. The van der Waals surface area contributed by atoms with Gasteiger partial charge in [-0.05, 0) is 73.3 Å². The van der Waals surface area contributed by atoms with Crippen LogP contribution in [0.2, 0.25) is 10.0 Å². The molecule has 0 N–H and O–H groups in total. The highest BCUT2D eigenvalue weighted by Crippen LogP contribution is 2.30. The summed E-state index contributed by atoms with van der Waals surface area (Å²) in [6.07, 6.45) is 1.59. The van der Waals surface area contributed by atoms with Crippen LogP contribution in [0.25, 0.3) is 0 Å². The normalized spacial score (nSPS) is 17.9. The third-order valence-electron chi connectivity index (χ3n) is 6.26. The van der Waals surface area contributed by atoms with E-state index < -0.39 is 17.5 Å². The smallest absolute Gasteiger partial charge is 0.465 e. The largest absolute Gasteiger partial charge is 0.510 e. The van der Waals surface area contributed by atoms with Crippen molar-refractivity contribution in [3.63, 3.8) is 0 Å². The monoisotopic (exact) mass is 553 g/mol. The molecule has 3 rings (SSSR count). The summed E-state index contributed by atoms with van der Waals surface area (Å²) < 4.78 is 15.3. The maximum absolute atomic E-state index is 12.6. The molecule has 1 aliphatic carbocycles. The van der Waals surface area contributed by atoms with Gasteiger partial charge in [-0.1, -0.05) is 53.5 Å². The van der Waals surface area contributed by atoms with Crippen LogP contribution in [0.15, 0.2) is 42.5 Å². The SMILES string of the molecule is CC(OC(=O)OCC1CCC(COC(=O)Cc2ccccc2Cc2c(Cl)cccc2Cl)CC1)O[N+](=O)[O-]. The molecule has 1 saturated carbocycles. The first-order valence-corrected chi connectivity index (χ1v) is 12.8. The quantitative estimate of drug-likeness (QED) is 0.140. The molecule has 37 heavy (non-hydrogen) atoms. The van der Waals surface area contributed by atoms with Crippen LogP contribution in [-0.2, 0) is 36.7 Å².